The van der Waals surface area contributed by atoms with E-state index in [0.717, 1.165) is 0 Å². The molecule has 0 aromatic heterocycles. The Morgan fingerprint density at radius 2 is 1.78 bits per heavy atom. The fraction of sp³-hybridized carbons (Fsp3) is 0.0870. The van der Waals surface area contributed by atoms with Gasteiger partial charge in [-0.05, 0) is 47.5 Å². The lowest BCUT2D eigenvalue weighted by molar-refractivity contribution is -0.129. The maximum atomic E-state index is 12.4. The average molecular weight is 473 g/mol. The molecule has 3 rings (SSSR count). The lowest BCUT2D eigenvalue weighted by atomic mass is 10.1. The molecule has 7 nitrogen and oxygen atoms in total. The highest BCUT2D eigenvalue weighted by molar-refractivity contribution is 6.36. The van der Waals surface area contributed by atoms with E-state index in [1.807, 2.05) is 0 Å². The van der Waals surface area contributed by atoms with Crippen LogP contribution in [-0.2, 0) is 4.79 Å². The van der Waals surface area contributed by atoms with E-state index in [2.05, 4.69) is 10.5 Å². The Hall–Kier alpha value is -3.39. The fourth-order valence-corrected chi connectivity index (χ4v) is 3.16. The molecule has 0 spiro atoms. The van der Waals surface area contributed by atoms with E-state index < -0.39 is 18.0 Å². The third-order valence-electron chi connectivity index (χ3n) is 4.29. The van der Waals surface area contributed by atoms with Gasteiger partial charge in [-0.25, -0.2) is 10.2 Å². The van der Waals surface area contributed by atoms with Crippen LogP contribution in [0.1, 0.15) is 27.6 Å². The summed E-state index contributed by atoms with van der Waals surface area (Å²) < 4.78 is 10.7. The highest BCUT2D eigenvalue weighted by Crippen LogP contribution is 2.30. The first-order valence-corrected chi connectivity index (χ1v) is 10.1. The van der Waals surface area contributed by atoms with Crippen molar-refractivity contribution in [2.45, 2.75) is 6.10 Å². The number of rotatable bonds is 7. The first-order valence-electron chi connectivity index (χ1n) is 9.30. The number of methoxy groups -OCH3 is 1. The second kappa shape index (κ2) is 10.8. The molecule has 0 unspecified atom stereocenters. The first kappa shape index (κ1) is 23.3. The fourth-order valence-electron chi connectivity index (χ4n) is 2.68. The summed E-state index contributed by atoms with van der Waals surface area (Å²) in [6.07, 6.45) is 0.0177. The molecule has 3 aromatic rings. The molecule has 3 aromatic carbocycles. The number of halogens is 2. The van der Waals surface area contributed by atoms with Gasteiger partial charge in [0.2, 0.25) is 0 Å². The second-order valence-corrected chi connectivity index (χ2v) is 7.32. The van der Waals surface area contributed by atoms with Crippen LogP contribution in [0.25, 0.3) is 0 Å². The van der Waals surface area contributed by atoms with E-state index in [1.165, 1.54) is 37.6 Å². The molecule has 0 aliphatic carbocycles. The molecule has 0 saturated carbocycles. The summed E-state index contributed by atoms with van der Waals surface area (Å²) in [6.45, 7) is 0. The van der Waals surface area contributed by atoms with Crippen molar-refractivity contribution in [3.05, 3.63) is 93.5 Å². The number of nitrogens with zero attached hydrogens (tertiary/aromatic N) is 1. The smallest absolute Gasteiger partial charge is 0.345 e. The molecule has 1 amide bonds. The molecule has 32 heavy (non-hydrogen) atoms. The van der Waals surface area contributed by atoms with E-state index in [9.17, 15) is 14.7 Å². The Morgan fingerprint density at radius 3 is 2.47 bits per heavy atom. The number of aliphatic hydroxyl groups is 1. The lowest BCUT2D eigenvalue weighted by Gasteiger charge is -2.11. The topological polar surface area (TPSA) is 97.2 Å². The van der Waals surface area contributed by atoms with Crippen molar-refractivity contribution in [3.8, 4) is 11.5 Å². The number of benzene rings is 3. The van der Waals surface area contributed by atoms with Gasteiger partial charge in [0.15, 0.2) is 17.6 Å². The summed E-state index contributed by atoms with van der Waals surface area (Å²) in [4.78, 5) is 24.5. The number of aliphatic hydroxyl groups excluding tert-OH is 1. The molecule has 0 aliphatic rings. The molecule has 0 fully saturated rings. The van der Waals surface area contributed by atoms with Crippen molar-refractivity contribution < 1.29 is 24.2 Å². The van der Waals surface area contributed by atoms with Crippen molar-refractivity contribution in [2.24, 2.45) is 5.10 Å². The Balaban J connectivity index is 1.67. The maximum Gasteiger partial charge on any atom is 0.345 e. The number of ether oxygens (including phenoxy) is 2. The quantitative estimate of drug-likeness (QED) is 0.230. The Kier molecular flexibility index (Phi) is 7.83. The first-order chi connectivity index (χ1) is 15.4. The molecule has 9 heteroatoms. The molecular weight excluding hydrogens is 455 g/mol. The van der Waals surface area contributed by atoms with Gasteiger partial charge in [-0.1, -0.05) is 53.5 Å². The van der Waals surface area contributed by atoms with Crippen molar-refractivity contribution in [3.63, 3.8) is 0 Å². The normalized spacial score (nSPS) is 11.8. The third kappa shape index (κ3) is 5.85. The van der Waals surface area contributed by atoms with Crippen molar-refractivity contribution in [1.29, 1.82) is 0 Å². The van der Waals surface area contributed by atoms with E-state index in [-0.39, 0.29) is 22.1 Å². The van der Waals surface area contributed by atoms with Crippen LogP contribution in [0.2, 0.25) is 10.0 Å². The molecule has 0 heterocycles. The van der Waals surface area contributed by atoms with E-state index in [1.54, 1.807) is 42.5 Å². The summed E-state index contributed by atoms with van der Waals surface area (Å²) >= 11 is 11.9. The Morgan fingerprint density at radius 1 is 1.03 bits per heavy atom. The lowest BCUT2D eigenvalue weighted by Crippen LogP contribution is -2.25. The Bertz CT molecular complexity index is 1150. The third-order valence-corrected chi connectivity index (χ3v) is 4.84. The van der Waals surface area contributed by atoms with Gasteiger partial charge in [0, 0.05) is 5.02 Å². The van der Waals surface area contributed by atoms with Crippen LogP contribution in [-0.4, -0.2) is 30.3 Å². The van der Waals surface area contributed by atoms with E-state index >= 15 is 0 Å². The Labute approximate surface area is 194 Å². The van der Waals surface area contributed by atoms with Crippen LogP contribution >= 0.6 is 23.2 Å². The molecular formula is C23H18Cl2N2O5. The highest BCUT2D eigenvalue weighted by atomic mass is 35.5. The van der Waals surface area contributed by atoms with Crippen LogP contribution in [0, 0.1) is 0 Å². The van der Waals surface area contributed by atoms with Gasteiger partial charge in [-0.15, -0.1) is 0 Å². The largest absolute Gasteiger partial charge is 0.493 e. The average Bonchev–Trinajstić information content (AvgIpc) is 2.79. The number of esters is 1. The molecule has 0 bridgehead atoms. The van der Waals surface area contributed by atoms with Crippen molar-refractivity contribution in [1.82, 2.24) is 5.43 Å². The standard InChI is InChI=1S/C23H18Cl2N2O5/c1-31-20-11-14(13-26-27-22(29)21(28)15-5-3-2-4-6-15)7-10-19(20)32-23(30)17-9-8-16(24)12-18(17)25/h2-13,21,28H,1H3,(H,27,29)/b26-13-/t21-/m1/s1. The van der Waals surface area contributed by atoms with E-state index in [4.69, 9.17) is 32.7 Å². The second-order valence-electron chi connectivity index (χ2n) is 6.47. The van der Waals surface area contributed by atoms with Crippen LogP contribution in [0.3, 0.4) is 0 Å². The summed E-state index contributed by atoms with van der Waals surface area (Å²) in [5.74, 6) is -0.911. The minimum atomic E-state index is -1.34. The number of hydrazone groups is 1. The van der Waals surface area contributed by atoms with Gasteiger partial charge in [0.25, 0.3) is 5.91 Å². The zero-order valence-corrected chi connectivity index (χ0v) is 18.3. The van der Waals surface area contributed by atoms with Crippen LogP contribution < -0.4 is 14.9 Å². The minimum absolute atomic E-state index is 0.156. The zero-order valence-electron chi connectivity index (χ0n) is 16.8. The molecule has 0 radical (unpaired) electrons. The predicted molar refractivity (Wildman–Crippen MR) is 122 cm³/mol. The number of hydrogen-bond donors (Lipinski definition) is 2. The van der Waals surface area contributed by atoms with Gasteiger partial charge >= 0.3 is 5.97 Å². The van der Waals surface area contributed by atoms with E-state index in [0.29, 0.717) is 16.1 Å². The minimum Gasteiger partial charge on any atom is -0.493 e. The van der Waals surface area contributed by atoms with Gasteiger partial charge < -0.3 is 14.6 Å². The molecule has 0 saturated heterocycles. The van der Waals surface area contributed by atoms with Crippen LogP contribution in [0.15, 0.2) is 71.8 Å². The maximum absolute atomic E-state index is 12.4. The summed E-state index contributed by atoms with van der Waals surface area (Å²) in [5, 5.41) is 14.5. The molecule has 0 aliphatic heterocycles. The van der Waals surface area contributed by atoms with Crippen molar-refractivity contribution in [2.75, 3.05) is 7.11 Å². The van der Waals surface area contributed by atoms with Gasteiger partial charge in [0.05, 0.1) is 23.9 Å². The number of carbonyl (C=O) groups is 2. The SMILES string of the molecule is COc1cc(/C=N\NC(=O)[C@H](O)c2ccccc2)ccc1OC(=O)c1ccc(Cl)cc1Cl. The predicted octanol–water partition coefficient (Wildman–Crippen LogP) is 4.40. The number of nitrogens with one attached hydrogen (secondary N) is 1. The van der Waals surface area contributed by atoms with Crippen molar-refractivity contribution >= 4 is 41.3 Å². The van der Waals surface area contributed by atoms with Gasteiger partial charge in [-0.2, -0.15) is 5.10 Å². The number of amides is 1. The molecule has 1 atom stereocenters. The van der Waals surface area contributed by atoms with Gasteiger partial charge in [0.1, 0.15) is 0 Å². The molecule has 164 valence electrons. The summed E-state index contributed by atoms with van der Waals surface area (Å²) in [5.41, 5.74) is 3.44. The highest BCUT2D eigenvalue weighted by Gasteiger charge is 2.17. The number of hydrogen-bond acceptors (Lipinski definition) is 6. The molecule has 2 N–H and O–H groups in total. The summed E-state index contributed by atoms with van der Waals surface area (Å²) in [7, 11) is 1.42. The monoisotopic (exact) mass is 472 g/mol. The van der Waals surface area contributed by atoms with Crippen LogP contribution in [0.4, 0.5) is 0 Å². The van der Waals surface area contributed by atoms with Crippen LogP contribution in [0.5, 0.6) is 11.5 Å². The number of carbonyl (C=O) groups excluding carboxylic acids is 2. The zero-order chi connectivity index (χ0) is 23.1. The summed E-state index contributed by atoms with van der Waals surface area (Å²) in [6, 6.07) is 17.6. The van der Waals surface area contributed by atoms with Gasteiger partial charge in [-0.3, -0.25) is 4.79 Å².